The molecule has 51 heavy (non-hydrogen) atoms. The van der Waals surface area contributed by atoms with Crippen LogP contribution in [0.5, 0.6) is 0 Å². The first-order valence-corrected chi connectivity index (χ1v) is 19.6. The van der Waals surface area contributed by atoms with E-state index in [-0.39, 0.29) is 16.2 Å². The van der Waals surface area contributed by atoms with E-state index in [1.54, 1.807) is 12.1 Å². The number of nitrogens with zero attached hydrogens (tertiary/aromatic N) is 1. The monoisotopic (exact) mass is 733 g/mol. The summed E-state index contributed by atoms with van der Waals surface area (Å²) < 4.78 is 67.5. The van der Waals surface area contributed by atoms with Crippen molar-refractivity contribution >= 4 is 37.5 Å². The molecule has 11 heteroatoms. The first-order valence-electron chi connectivity index (χ1n) is 16.8. The summed E-state index contributed by atoms with van der Waals surface area (Å²) in [7, 11) is -8.81. The number of carboxylic acids is 1. The van der Waals surface area contributed by atoms with Gasteiger partial charge < -0.3 is 10.0 Å². The molecule has 0 radical (unpaired) electrons. The van der Waals surface area contributed by atoms with Crippen LogP contribution in [0.1, 0.15) is 81.7 Å². The van der Waals surface area contributed by atoms with Crippen molar-refractivity contribution in [1.29, 1.82) is 0 Å². The second-order valence-corrected chi connectivity index (χ2v) is 16.8. The van der Waals surface area contributed by atoms with Gasteiger partial charge in [0.1, 0.15) is 0 Å². The van der Waals surface area contributed by atoms with Gasteiger partial charge in [0, 0.05) is 35.2 Å². The number of unbranched alkanes of at least 4 members (excludes halogenated alkanes) is 1. The number of anilines is 1. The van der Waals surface area contributed by atoms with E-state index in [9.17, 15) is 30.7 Å². The molecule has 0 fully saturated rings. The van der Waals surface area contributed by atoms with Crippen molar-refractivity contribution in [3.8, 4) is 0 Å². The third-order valence-corrected chi connectivity index (χ3v) is 11.4. The molecule has 0 aliphatic carbocycles. The number of carbonyl (C=O) groups is 1. The van der Waals surface area contributed by atoms with E-state index in [0.717, 1.165) is 52.1 Å². The van der Waals surface area contributed by atoms with E-state index in [1.165, 1.54) is 24.3 Å². The molecule has 0 atom stereocenters. The Balaban J connectivity index is 1.83. The Kier molecular flexibility index (Phi) is 11.7. The van der Waals surface area contributed by atoms with Crippen molar-refractivity contribution in [3.63, 3.8) is 0 Å². The van der Waals surface area contributed by atoms with Crippen LogP contribution in [0, 0.1) is 6.92 Å². The lowest BCUT2D eigenvalue weighted by molar-refractivity contribution is -0.136. The molecule has 272 valence electrons. The van der Waals surface area contributed by atoms with Gasteiger partial charge >= 0.3 is 5.97 Å². The van der Waals surface area contributed by atoms with Crippen molar-refractivity contribution in [1.82, 2.24) is 0 Å². The SMILES string of the molecule is C=C(/C=C/C(=C/C=C1/N(CCCC)c2ccc(S(=O)(=O)O)cc2C1(C)C)c1ccc(CCC(=O)O)cc1)C(C)(C)c1cc(S(=O)(=O)O)ccc1C. The highest BCUT2D eigenvalue weighted by molar-refractivity contribution is 7.86. The van der Waals surface area contributed by atoms with Crippen molar-refractivity contribution in [3.05, 3.63) is 131 Å². The van der Waals surface area contributed by atoms with Crippen molar-refractivity contribution in [2.75, 3.05) is 11.4 Å². The van der Waals surface area contributed by atoms with E-state index in [4.69, 9.17) is 5.11 Å². The number of aryl methyl sites for hydroxylation is 2. The van der Waals surface area contributed by atoms with E-state index in [0.29, 0.717) is 24.1 Å². The number of benzene rings is 3. The molecule has 3 aromatic rings. The van der Waals surface area contributed by atoms with Gasteiger partial charge in [0.25, 0.3) is 20.2 Å². The second-order valence-electron chi connectivity index (χ2n) is 14.0. The number of fused-ring (bicyclic) bond motifs is 1. The Morgan fingerprint density at radius 1 is 0.922 bits per heavy atom. The normalized spacial score (nSPS) is 15.8. The number of carboxylic acid groups (broad SMARTS) is 1. The largest absolute Gasteiger partial charge is 0.481 e. The molecule has 0 amide bonds. The van der Waals surface area contributed by atoms with E-state index in [1.807, 2.05) is 83.2 Å². The molecule has 3 N–H and O–H groups in total. The Hall–Kier alpha value is -4.29. The zero-order chi connectivity index (χ0) is 37.9. The molecule has 4 rings (SSSR count). The van der Waals surface area contributed by atoms with Crippen LogP contribution in [-0.4, -0.2) is 43.6 Å². The smallest absolute Gasteiger partial charge is 0.303 e. The lowest BCUT2D eigenvalue weighted by atomic mass is 9.76. The highest BCUT2D eigenvalue weighted by Crippen LogP contribution is 2.48. The minimum absolute atomic E-state index is 0.0175. The summed E-state index contributed by atoms with van der Waals surface area (Å²) in [6.07, 6.45) is 10.1. The quantitative estimate of drug-likeness (QED) is 0.110. The fourth-order valence-electron chi connectivity index (χ4n) is 6.41. The lowest BCUT2D eigenvalue weighted by Gasteiger charge is -2.28. The fraction of sp³-hybridized carbons (Fsp3) is 0.325. The molecular weight excluding hydrogens is 687 g/mol. The second kappa shape index (κ2) is 15.1. The predicted octanol–water partition coefficient (Wildman–Crippen LogP) is 8.46. The van der Waals surface area contributed by atoms with E-state index in [2.05, 4.69) is 18.4 Å². The zero-order valence-electron chi connectivity index (χ0n) is 30.0. The van der Waals surface area contributed by atoms with Crippen LogP contribution < -0.4 is 4.90 Å². The topological polar surface area (TPSA) is 149 Å². The molecule has 0 saturated heterocycles. The van der Waals surface area contributed by atoms with Gasteiger partial charge in [0.05, 0.1) is 9.79 Å². The Morgan fingerprint density at radius 2 is 1.53 bits per heavy atom. The predicted molar refractivity (Wildman–Crippen MR) is 202 cm³/mol. The van der Waals surface area contributed by atoms with Crippen LogP contribution in [0.2, 0.25) is 0 Å². The fourth-order valence-corrected chi connectivity index (χ4v) is 7.42. The molecule has 0 saturated carbocycles. The summed E-state index contributed by atoms with van der Waals surface area (Å²) >= 11 is 0. The molecule has 0 aromatic heterocycles. The van der Waals surface area contributed by atoms with Crippen molar-refractivity contribution in [2.45, 2.75) is 87.8 Å². The van der Waals surface area contributed by atoms with E-state index >= 15 is 0 Å². The van der Waals surface area contributed by atoms with Gasteiger partial charge in [-0.3, -0.25) is 13.9 Å². The van der Waals surface area contributed by atoms with Crippen LogP contribution in [0.25, 0.3) is 5.57 Å². The highest BCUT2D eigenvalue weighted by Gasteiger charge is 2.40. The average Bonchev–Trinajstić information content (AvgIpc) is 3.26. The van der Waals surface area contributed by atoms with Crippen LogP contribution in [-0.2, 0) is 42.3 Å². The third kappa shape index (κ3) is 8.96. The Labute approximate surface area is 302 Å². The van der Waals surface area contributed by atoms with Gasteiger partial charge in [-0.25, -0.2) is 0 Å². The molecule has 0 spiro atoms. The standard InChI is InChI=1S/C40H47NO8S2/c1-8-9-24-41-36-21-20-33(51(47,48)49)26-35(36)40(6,7)37(41)22-18-30(31-16-12-29(13-17-31)14-23-38(42)43)15-11-28(3)39(4,5)34-25-32(50(44,45)46)19-10-27(34)2/h10-13,15-22,25-26H,3,8-9,14,23-24H2,1-2,4-7H3,(H,42,43)(H,44,45,46)(H,47,48,49)/b15-11+,30-18-,37-22+. The third-order valence-electron chi connectivity index (χ3n) is 9.68. The highest BCUT2D eigenvalue weighted by atomic mass is 32.2. The summed E-state index contributed by atoms with van der Waals surface area (Å²) in [6, 6.07) is 16.9. The number of hydrogen-bond acceptors (Lipinski definition) is 6. The molecular formula is C40H47NO8S2. The maximum absolute atomic E-state index is 12.1. The Morgan fingerprint density at radius 3 is 2.12 bits per heavy atom. The number of aliphatic carboxylic acids is 1. The zero-order valence-corrected chi connectivity index (χ0v) is 31.6. The van der Waals surface area contributed by atoms with Crippen LogP contribution >= 0.6 is 0 Å². The minimum Gasteiger partial charge on any atom is -0.481 e. The molecule has 1 aliphatic rings. The van der Waals surface area contributed by atoms with Crippen LogP contribution in [0.15, 0.2) is 113 Å². The summed E-state index contributed by atoms with van der Waals surface area (Å²) in [6.45, 7) is 16.9. The lowest BCUT2D eigenvalue weighted by Crippen LogP contribution is -2.27. The maximum atomic E-state index is 12.1. The average molecular weight is 734 g/mol. The molecule has 1 heterocycles. The van der Waals surface area contributed by atoms with Crippen molar-refractivity contribution < 1.29 is 35.8 Å². The van der Waals surface area contributed by atoms with Crippen LogP contribution in [0.4, 0.5) is 5.69 Å². The van der Waals surface area contributed by atoms with Gasteiger partial charge in [0.15, 0.2) is 0 Å². The van der Waals surface area contributed by atoms with Gasteiger partial charge in [0.2, 0.25) is 0 Å². The first-order chi connectivity index (χ1) is 23.7. The number of allylic oxidation sites excluding steroid dienone is 7. The summed E-state index contributed by atoms with van der Waals surface area (Å²) in [5.74, 6) is -0.871. The molecule has 0 bridgehead atoms. The first kappa shape index (κ1) is 39.5. The summed E-state index contributed by atoms with van der Waals surface area (Å²) in [5, 5.41) is 9.15. The minimum atomic E-state index is -4.41. The van der Waals surface area contributed by atoms with Crippen LogP contribution in [0.3, 0.4) is 0 Å². The Bertz CT molecular complexity index is 2140. The summed E-state index contributed by atoms with van der Waals surface area (Å²) in [4.78, 5) is 13.0. The molecule has 1 aliphatic heterocycles. The number of rotatable bonds is 14. The van der Waals surface area contributed by atoms with Gasteiger partial charge in [-0.15, -0.1) is 0 Å². The van der Waals surface area contributed by atoms with Gasteiger partial charge in [-0.1, -0.05) is 96.2 Å². The van der Waals surface area contributed by atoms with Crippen molar-refractivity contribution in [2.24, 2.45) is 0 Å². The molecule has 0 unspecified atom stereocenters. The number of hydrogen-bond donors (Lipinski definition) is 3. The molecule has 9 nitrogen and oxygen atoms in total. The maximum Gasteiger partial charge on any atom is 0.303 e. The van der Waals surface area contributed by atoms with Gasteiger partial charge in [-0.05, 0) is 95.1 Å². The summed E-state index contributed by atoms with van der Waals surface area (Å²) in [5.41, 5.74) is 6.05. The molecule has 3 aromatic carbocycles. The van der Waals surface area contributed by atoms with Gasteiger partial charge in [-0.2, -0.15) is 16.8 Å². The van der Waals surface area contributed by atoms with E-state index < -0.39 is 37.0 Å².